The molecule has 1 aliphatic heterocycles. The Balaban J connectivity index is 1.85. The Kier molecular flexibility index (Phi) is 3.33. The van der Waals surface area contributed by atoms with Crippen LogP contribution in [0.25, 0.3) is 0 Å². The van der Waals surface area contributed by atoms with Gasteiger partial charge in [-0.25, -0.2) is 5.43 Å². The number of hydrogen-bond acceptors (Lipinski definition) is 3. The molecule has 3 rings (SSSR count). The summed E-state index contributed by atoms with van der Waals surface area (Å²) in [6.07, 6.45) is 3.79. The molecule has 4 nitrogen and oxygen atoms in total. The van der Waals surface area contributed by atoms with Crippen molar-refractivity contribution >= 4 is 5.91 Å². The van der Waals surface area contributed by atoms with Gasteiger partial charge in [-0.1, -0.05) is 45.0 Å². The third-order valence-electron chi connectivity index (χ3n) is 5.22. The van der Waals surface area contributed by atoms with Gasteiger partial charge in [0.05, 0.1) is 0 Å². The van der Waals surface area contributed by atoms with Crippen LogP contribution in [0.2, 0.25) is 0 Å². The number of benzene rings is 1. The summed E-state index contributed by atoms with van der Waals surface area (Å²) in [5.41, 5.74) is 5.10. The highest BCUT2D eigenvalue weighted by atomic mass is 16.2. The molecule has 1 aromatic carbocycles. The van der Waals surface area contributed by atoms with Crippen molar-refractivity contribution < 1.29 is 4.79 Å². The van der Waals surface area contributed by atoms with Crippen LogP contribution < -0.4 is 10.7 Å². The molecule has 2 N–H and O–H groups in total. The molecule has 0 radical (unpaired) electrons. The highest BCUT2D eigenvalue weighted by Gasteiger charge is 2.47. The zero-order valence-corrected chi connectivity index (χ0v) is 14.0. The first-order valence-electron chi connectivity index (χ1n) is 7.86. The largest absolute Gasteiger partial charge is 0.350 e. The molecule has 1 aromatic rings. The number of nitrogens with zero attached hydrogens (tertiary/aromatic N) is 1. The number of amides is 1. The van der Waals surface area contributed by atoms with E-state index in [2.05, 4.69) is 55.8 Å². The molecular weight excluding hydrogens is 274 g/mol. The maximum atomic E-state index is 12.8. The Morgan fingerprint density at radius 3 is 2.55 bits per heavy atom. The number of hydrogen-bond donors (Lipinski definition) is 2. The third-order valence-corrected chi connectivity index (χ3v) is 5.22. The first-order chi connectivity index (χ1) is 10.3. The van der Waals surface area contributed by atoms with Crippen molar-refractivity contribution in [1.29, 1.82) is 0 Å². The topological polar surface area (TPSA) is 44.4 Å². The van der Waals surface area contributed by atoms with E-state index in [0.717, 1.165) is 0 Å². The summed E-state index contributed by atoms with van der Waals surface area (Å²) in [5, 5.41) is 5.11. The van der Waals surface area contributed by atoms with Crippen LogP contribution in [-0.4, -0.2) is 29.5 Å². The van der Waals surface area contributed by atoms with E-state index < -0.39 is 5.54 Å². The number of carbonyl (C=O) groups is 1. The molecule has 0 aromatic heterocycles. The quantitative estimate of drug-likeness (QED) is 0.880. The number of rotatable bonds is 2. The summed E-state index contributed by atoms with van der Waals surface area (Å²) in [4.78, 5) is 12.8. The summed E-state index contributed by atoms with van der Waals surface area (Å²) in [6.45, 7) is 8.53. The molecule has 118 valence electrons. The molecule has 0 saturated carbocycles. The molecule has 3 unspecified atom stereocenters. The Labute approximate surface area is 132 Å². The normalized spacial score (nSPS) is 32.1. The average Bonchev–Trinajstić information content (AvgIpc) is 2.92. The lowest BCUT2D eigenvalue weighted by Crippen LogP contribution is -2.58. The lowest BCUT2D eigenvalue weighted by molar-refractivity contribution is -0.127. The van der Waals surface area contributed by atoms with Crippen molar-refractivity contribution in [2.45, 2.75) is 50.6 Å². The predicted molar refractivity (Wildman–Crippen MR) is 88.3 cm³/mol. The van der Waals surface area contributed by atoms with Gasteiger partial charge >= 0.3 is 0 Å². The molecule has 3 atom stereocenters. The third kappa shape index (κ3) is 2.13. The minimum atomic E-state index is -0.681. The SMILES string of the molecule is CC1c2ccccc2C(C)(C)C1NC(=O)C1(C)C=CN(C)N1. The molecule has 1 amide bonds. The lowest BCUT2D eigenvalue weighted by atomic mass is 9.81. The molecule has 22 heavy (non-hydrogen) atoms. The van der Waals surface area contributed by atoms with E-state index in [1.165, 1.54) is 11.1 Å². The number of hydrazine groups is 1. The first kappa shape index (κ1) is 15.1. The van der Waals surface area contributed by atoms with Gasteiger partial charge in [-0.15, -0.1) is 0 Å². The molecule has 1 aliphatic carbocycles. The number of fused-ring (bicyclic) bond motifs is 1. The fourth-order valence-electron chi connectivity index (χ4n) is 3.88. The van der Waals surface area contributed by atoms with Crippen LogP contribution in [0.1, 0.15) is 44.7 Å². The second kappa shape index (κ2) is 4.85. The molecular formula is C18H25N3O. The van der Waals surface area contributed by atoms with E-state index >= 15 is 0 Å². The van der Waals surface area contributed by atoms with Gasteiger partial charge < -0.3 is 10.3 Å². The van der Waals surface area contributed by atoms with Crippen molar-refractivity contribution in [3.63, 3.8) is 0 Å². The molecule has 4 heteroatoms. The van der Waals surface area contributed by atoms with Crippen LogP contribution in [0.4, 0.5) is 0 Å². The van der Waals surface area contributed by atoms with Crippen LogP contribution >= 0.6 is 0 Å². The van der Waals surface area contributed by atoms with Gasteiger partial charge in [0.15, 0.2) is 0 Å². The predicted octanol–water partition coefficient (Wildman–Crippen LogP) is 2.29. The fraction of sp³-hybridized carbons (Fsp3) is 0.500. The summed E-state index contributed by atoms with van der Waals surface area (Å²) in [5.74, 6) is 0.327. The van der Waals surface area contributed by atoms with Gasteiger partial charge in [0.1, 0.15) is 5.54 Å². The van der Waals surface area contributed by atoms with Crippen LogP contribution in [-0.2, 0) is 10.2 Å². The molecule has 0 spiro atoms. The Hall–Kier alpha value is -1.81. The van der Waals surface area contributed by atoms with Crippen LogP contribution in [0, 0.1) is 0 Å². The van der Waals surface area contributed by atoms with Gasteiger partial charge in [0.25, 0.3) is 0 Å². The lowest BCUT2D eigenvalue weighted by Gasteiger charge is -2.34. The van der Waals surface area contributed by atoms with Crippen LogP contribution in [0.3, 0.4) is 0 Å². The zero-order chi connectivity index (χ0) is 16.1. The van der Waals surface area contributed by atoms with Crippen molar-refractivity contribution in [1.82, 2.24) is 15.8 Å². The maximum absolute atomic E-state index is 12.8. The highest BCUT2D eigenvalue weighted by Crippen LogP contribution is 2.45. The summed E-state index contributed by atoms with van der Waals surface area (Å²) in [7, 11) is 1.90. The van der Waals surface area contributed by atoms with Crippen LogP contribution in [0.5, 0.6) is 0 Å². The van der Waals surface area contributed by atoms with Gasteiger partial charge in [-0.3, -0.25) is 4.79 Å². The Morgan fingerprint density at radius 2 is 1.95 bits per heavy atom. The Morgan fingerprint density at radius 1 is 1.27 bits per heavy atom. The van der Waals surface area contributed by atoms with E-state index in [-0.39, 0.29) is 17.4 Å². The van der Waals surface area contributed by atoms with E-state index in [1.54, 1.807) is 0 Å². The highest BCUT2D eigenvalue weighted by molar-refractivity contribution is 5.89. The second-order valence-electron chi connectivity index (χ2n) is 7.29. The molecule has 2 aliphatic rings. The van der Waals surface area contributed by atoms with E-state index in [0.29, 0.717) is 5.92 Å². The smallest absolute Gasteiger partial charge is 0.246 e. The number of nitrogens with one attached hydrogen (secondary N) is 2. The minimum Gasteiger partial charge on any atom is -0.350 e. The zero-order valence-electron chi connectivity index (χ0n) is 14.0. The summed E-state index contributed by atoms with van der Waals surface area (Å²) < 4.78 is 0. The van der Waals surface area contributed by atoms with Gasteiger partial charge in [0, 0.05) is 30.6 Å². The fourth-order valence-corrected chi connectivity index (χ4v) is 3.88. The van der Waals surface area contributed by atoms with Crippen molar-refractivity contribution in [2.75, 3.05) is 7.05 Å². The van der Waals surface area contributed by atoms with Crippen molar-refractivity contribution in [3.05, 3.63) is 47.7 Å². The number of carbonyl (C=O) groups excluding carboxylic acids is 1. The summed E-state index contributed by atoms with van der Waals surface area (Å²) in [6, 6.07) is 8.61. The first-order valence-corrected chi connectivity index (χ1v) is 7.86. The monoisotopic (exact) mass is 299 g/mol. The van der Waals surface area contributed by atoms with Crippen LogP contribution in [0.15, 0.2) is 36.5 Å². The molecule has 0 saturated heterocycles. The molecule has 0 fully saturated rings. The molecule has 0 bridgehead atoms. The molecule has 1 heterocycles. The van der Waals surface area contributed by atoms with E-state index in [4.69, 9.17) is 0 Å². The Bertz CT molecular complexity index is 637. The van der Waals surface area contributed by atoms with Crippen molar-refractivity contribution in [2.24, 2.45) is 0 Å². The minimum absolute atomic E-state index is 0.0193. The van der Waals surface area contributed by atoms with E-state index in [9.17, 15) is 4.79 Å². The maximum Gasteiger partial charge on any atom is 0.246 e. The van der Waals surface area contributed by atoms with Gasteiger partial charge in [-0.2, -0.15) is 0 Å². The average molecular weight is 299 g/mol. The van der Waals surface area contributed by atoms with Gasteiger partial charge in [0.2, 0.25) is 5.91 Å². The van der Waals surface area contributed by atoms with Crippen molar-refractivity contribution in [3.8, 4) is 0 Å². The summed E-state index contributed by atoms with van der Waals surface area (Å²) >= 11 is 0. The standard InChI is InChI=1S/C18H25N3O/c1-12-13-8-6-7-9-14(13)17(2,3)15(12)19-16(22)18(4)10-11-21(5)20-18/h6-12,15,20H,1-5H3,(H,19,22). The van der Waals surface area contributed by atoms with E-state index in [1.807, 2.05) is 31.3 Å². The van der Waals surface area contributed by atoms with Gasteiger partial charge in [-0.05, 0) is 24.1 Å². The second-order valence-corrected chi connectivity index (χ2v) is 7.29.